The van der Waals surface area contributed by atoms with Crippen LogP contribution in [0.5, 0.6) is 0 Å². The van der Waals surface area contributed by atoms with Crippen molar-refractivity contribution in [3.05, 3.63) is 0 Å². The number of rotatable bonds is 1. The molecule has 6 heavy (non-hydrogen) atoms. The lowest BCUT2D eigenvalue weighted by molar-refractivity contribution is -0.137. The normalized spacial score (nSPS) is 6.17. The Morgan fingerprint density at radius 3 is 2.00 bits per heavy atom. The third kappa shape index (κ3) is 8.90. The summed E-state index contributed by atoms with van der Waals surface area (Å²) in [5, 5.41) is 7.35. The van der Waals surface area contributed by atoms with E-state index in [4.69, 9.17) is 9.90 Å². The molecule has 0 aromatic carbocycles. The van der Waals surface area contributed by atoms with Crippen molar-refractivity contribution in [3.8, 4) is 0 Å². The van der Waals surface area contributed by atoms with E-state index in [-0.39, 0.29) is 23.1 Å². The predicted octanol–water partition coefficient (Wildman–Crippen LogP) is -0.876. The van der Waals surface area contributed by atoms with Crippen molar-refractivity contribution < 1.29 is 14.3 Å². The maximum absolute atomic E-state index is 10.5. The first-order valence-corrected chi connectivity index (χ1v) is 1.05. The molecule has 0 fully saturated rings. The molecule has 34 valence electrons. The second-order valence-electron chi connectivity index (χ2n) is 0.527. The lowest BCUT2D eigenvalue weighted by Crippen LogP contribution is -1.93. The van der Waals surface area contributed by atoms with Gasteiger partial charge in [-0.25, -0.2) is 9.18 Å². The average molecular weight is 104 g/mol. The van der Waals surface area contributed by atoms with E-state index in [1.165, 1.54) is 0 Å². The fraction of sp³-hybridized carbons (Fsp3) is 0.500. The van der Waals surface area contributed by atoms with E-state index < -0.39 is 12.6 Å². The molecule has 0 spiro atoms. The third-order valence-corrected chi connectivity index (χ3v) is 0.114. The van der Waals surface area contributed by atoms with E-state index in [1.54, 1.807) is 0 Å². The van der Waals surface area contributed by atoms with Gasteiger partial charge in [-0.3, -0.25) is 0 Å². The zero-order chi connectivity index (χ0) is 4.28. The monoisotopic (exact) mass is 104 g/mol. The lowest BCUT2D eigenvalue weighted by atomic mass is 10.8. The van der Waals surface area contributed by atoms with Crippen molar-refractivity contribution in [2.75, 3.05) is 6.67 Å². The SMILES string of the molecule is O=C(O)CF.[MgH2]. The first-order valence-electron chi connectivity index (χ1n) is 1.05. The van der Waals surface area contributed by atoms with Gasteiger partial charge >= 0.3 is 29.0 Å². The van der Waals surface area contributed by atoms with Crippen LogP contribution < -0.4 is 0 Å². The van der Waals surface area contributed by atoms with E-state index in [9.17, 15) is 4.39 Å². The summed E-state index contributed by atoms with van der Waals surface area (Å²) >= 11 is 0. The molecule has 0 aromatic rings. The van der Waals surface area contributed by atoms with E-state index in [0.29, 0.717) is 0 Å². The van der Waals surface area contributed by atoms with E-state index in [2.05, 4.69) is 0 Å². The molecule has 1 N–H and O–H groups in total. The van der Waals surface area contributed by atoms with Gasteiger partial charge in [-0.1, -0.05) is 0 Å². The third-order valence-electron chi connectivity index (χ3n) is 0.114. The summed E-state index contributed by atoms with van der Waals surface area (Å²) in [6.45, 7) is -1.28. The molecule has 0 aliphatic carbocycles. The highest BCUT2D eigenvalue weighted by Gasteiger charge is 1.85. The van der Waals surface area contributed by atoms with Gasteiger partial charge in [0.05, 0.1) is 0 Å². The summed E-state index contributed by atoms with van der Waals surface area (Å²) in [4.78, 5) is 8.99. The van der Waals surface area contributed by atoms with Gasteiger partial charge in [0.2, 0.25) is 0 Å². The standard InChI is InChI=1S/C2H3FO2.Mg.2H/c3-1-2(4)5;;;/h1H2,(H,4,5);;;. The number of hydrogen-bond donors (Lipinski definition) is 1. The maximum atomic E-state index is 10.5. The van der Waals surface area contributed by atoms with Crippen molar-refractivity contribution in [3.63, 3.8) is 0 Å². The van der Waals surface area contributed by atoms with E-state index in [1.807, 2.05) is 0 Å². The largest absolute Gasteiger partial charge is 0.479 e. The number of carboxylic acids is 1. The van der Waals surface area contributed by atoms with Crippen LogP contribution in [0.15, 0.2) is 0 Å². The second-order valence-corrected chi connectivity index (χ2v) is 0.527. The van der Waals surface area contributed by atoms with Gasteiger partial charge < -0.3 is 5.11 Å². The van der Waals surface area contributed by atoms with Gasteiger partial charge in [0.15, 0.2) is 6.67 Å². The van der Waals surface area contributed by atoms with Gasteiger partial charge in [0.1, 0.15) is 0 Å². The lowest BCUT2D eigenvalue weighted by Gasteiger charge is -1.69. The molecule has 0 unspecified atom stereocenters. The summed E-state index contributed by atoms with van der Waals surface area (Å²) in [6.07, 6.45) is 0. The molecule has 0 bridgehead atoms. The molecule has 0 atom stereocenters. The van der Waals surface area contributed by atoms with Crippen LogP contribution in [0.1, 0.15) is 0 Å². The number of alkyl halides is 1. The molecular formula is C2H5FMgO2. The van der Waals surface area contributed by atoms with Crippen LogP contribution in [0.3, 0.4) is 0 Å². The van der Waals surface area contributed by atoms with Crippen LogP contribution in [0.4, 0.5) is 4.39 Å². The Morgan fingerprint density at radius 1 is 1.83 bits per heavy atom. The Kier molecular flexibility index (Phi) is 8.16. The second kappa shape index (κ2) is 5.17. The van der Waals surface area contributed by atoms with Crippen LogP contribution >= 0.6 is 0 Å². The molecule has 0 amide bonds. The van der Waals surface area contributed by atoms with Gasteiger partial charge in [0, 0.05) is 0 Å². The van der Waals surface area contributed by atoms with Crippen molar-refractivity contribution in [2.24, 2.45) is 0 Å². The molecule has 0 rings (SSSR count). The molecule has 2 nitrogen and oxygen atoms in total. The van der Waals surface area contributed by atoms with Crippen LogP contribution in [0, 0.1) is 0 Å². The van der Waals surface area contributed by atoms with Crippen LogP contribution in [0.2, 0.25) is 0 Å². The first-order chi connectivity index (χ1) is 2.27. The highest BCUT2D eigenvalue weighted by Crippen LogP contribution is 1.60. The van der Waals surface area contributed by atoms with Crippen LogP contribution in [0.25, 0.3) is 0 Å². The van der Waals surface area contributed by atoms with Crippen LogP contribution in [-0.2, 0) is 4.79 Å². The Labute approximate surface area is 50.5 Å². The highest BCUT2D eigenvalue weighted by molar-refractivity contribution is 5.75. The Balaban J connectivity index is 0. The Hall–Kier alpha value is 0.166. The molecule has 4 heteroatoms. The van der Waals surface area contributed by atoms with Gasteiger partial charge in [-0.15, -0.1) is 0 Å². The molecular weight excluding hydrogens is 99.3 g/mol. The predicted molar refractivity (Wildman–Crippen MR) is 22.2 cm³/mol. The summed E-state index contributed by atoms with van der Waals surface area (Å²) in [5.41, 5.74) is 0. The van der Waals surface area contributed by atoms with Gasteiger partial charge in [0.25, 0.3) is 0 Å². The van der Waals surface area contributed by atoms with E-state index in [0.717, 1.165) is 0 Å². The fourth-order valence-corrected chi connectivity index (χ4v) is 0. The Morgan fingerprint density at radius 2 is 2.00 bits per heavy atom. The molecule has 0 aromatic heterocycles. The van der Waals surface area contributed by atoms with E-state index >= 15 is 0 Å². The zero-order valence-electron chi connectivity index (χ0n) is 2.44. The zero-order valence-corrected chi connectivity index (χ0v) is 2.44. The molecule has 0 radical (unpaired) electrons. The van der Waals surface area contributed by atoms with Crippen molar-refractivity contribution in [2.45, 2.75) is 0 Å². The number of halogens is 1. The highest BCUT2D eigenvalue weighted by atomic mass is 24.3. The minimum absolute atomic E-state index is 0. The minimum Gasteiger partial charge on any atom is -0.479 e. The number of carbonyl (C=O) groups is 1. The Bertz CT molecular complexity index is 46.8. The van der Waals surface area contributed by atoms with Gasteiger partial charge in [-0.2, -0.15) is 0 Å². The first kappa shape index (κ1) is 9.48. The van der Waals surface area contributed by atoms with Crippen molar-refractivity contribution >= 4 is 29.0 Å². The summed E-state index contributed by atoms with van der Waals surface area (Å²) in [5.74, 6) is -1.41. The topological polar surface area (TPSA) is 37.3 Å². The van der Waals surface area contributed by atoms with Gasteiger partial charge in [-0.05, 0) is 0 Å². The number of aliphatic carboxylic acids is 1. The summed E-state index contributed by atoms with van der Waals surface area (Å²) in [6, 6.07) is 0. The molecule has 0 heterocycles. The smallest absolute Gasteiger partial charge is 0.335 e. The molecule has 0 saturated heterocycles. The van der Waals surface area contributed by atoms with Crippen molar-refractivity contribution in [1.29, 1.82) is 0 Å². The van der Waals surface area contributed by atoms with Crippen molar-refractivity contribution in [1.82, 2.24) is 0 Å². The quantitative estimate of drug-likeness (QED) is 0.439. The number of carboxylic acid groups (broad SMARTS) is 1. The average Bonchev–Trinajstić information content (AvgIpc) is 1.38. The minimum atomic E-state index is -1.41. The number of hydrogen-bond acceptors (Lipinski definition) is 1. The summed E-state index contributed by atoms with van der Waals surface area (Å²) in [7, 11) is 0. The fourth-order valence-electron chi connectivity index (χ4n) is 0. The van der Waals surface area contributed by atoms with Crippen LogP contribution in [-0.4, -0.2) is 40.8 Å². The summed E-state index contributed by atoms with van der Waals surface area (Å²) < 4.78 is 10.5. The maximum Gasteiger partial charge on any atom is 0.335 e. The molecule has 0 aliphatic heterocycles. The molecule has 0 saturated carbocycles. The molecule has 0 aliphatic rings.